The van der Waals surface area contributed by atoms with Gasteiger partial charge in [0, 0.05) is 31.3 Å². The van der Waals surface area contributed by atoms with E-state index in [-0.39, 0.29) is 42.8 Å². The number of hydrogen-bond acceptors (Lipinski definition) is 5. The van der Waals surface area contributed by atoms with E-state index in [9.17, 15) is 18.4 Å². The molecule has 9 heteroatoms. The number of amides is 2. The second-order valence-electron chi connectivity index (χ2n) is 6.69. The first-order chi connectivity index (χ1) is 14.4. The third kappa shape index (κ3) is 4.97. The van der Waals surface area contributed by atoms with Crippen LogP contribution in [0.2, 0.25) is 0 Å². The normalized spacial score (nSPS) is 16.0. The molecule has 7 nitrogen and oxygen atoms in total. The van der Waals surface area contributed by atoms with Crippen molar-refractivity contribution < 1.29 is 32.6 Å². The summed E-state index contributed by atoms with van der Waals surface area (Å²) in [5.74, 6) is -0.283. The average Bonchev–Trinajstić information content (AvgIpc) is 3.13. The largest absolute Gasteiger partial charge is 0.497 e. The number of rotatable bonds is 8. The molecule has 1 aliphatic heterocycles. The third-order valence-corrected chi connectivity index (χ3v) is 4.77. The van der Waals surface area contributed by atoms with Crippen molar-refractivity contribution in [3.05, 3.63) is 48.0 Å². The monoisotopic (exact) mass is 420 g/mol. The molecule has 1 heterocycles. The Morgan fingerprint density at radius 1 is 1.17 bits per heavy atom. The second-order valence-corrected chi connectivity index (χ2v) is 6.69. The molecule has 2 aromatic rings. The van der Waals surface area contributed by atoms with Crippen molar-refractivity contribution in [1.29, 1.82) is 0 Å². The zero-order chi connectivity index (χ0) is 21.7. The van der Waals surface area contributed by atoms with Gasteiger partial charge in [-0.15, -0.1) is 0 Å². The SMILES string of the molecule is COc1cccc(N2CC(C(=O)NCc3ccc(OC)c(OC(F)F)c3)CC2=O)c1. The molecule has 0 spiro atoms. The smallest absolute Gasteiger partial charge is 0.387 e. The number of carbonyl (C=O) groups is 2. The van der Waals surface area contributed by atoms with Crippen molar-refractivity contribution >= 4 is 17.5 Å². The fourth-order valence-corrected chi connectivity index (χ4v) is 3.26. The third-order valence-electron chi connectivity index (χ3n) is 4.77. The van der Waals surface area contributed by atoms with Crippen molar-refractivity contribution in [2.45, 2.75) is 19.6 Å². The van der Waals surface area contributed by atoms with Crippen LogP contribution in [0.1, 0.15) is 12.0 Å². The van der Waals surface area contributed by atoms with Gasteiger partial charge >= 0.3 is 6.61 Å². The van der Waals surface area contributed by atoms with Crippen molar-refractivity contribution in [1.82, 2.24) is 5.32 Å². The molecular formula is C21H22F2N2O5. The Hall–Kier alpha value is -3.36. The molecule has 2 aromatic carbocycles. The number of nitrogens with one attached hydrogen (secondary N) is 1. The van der Waals surface area contributed by atoms with E-state index in [0.717, 1.165) is 0 Å². The van der Waals surface area contributed by atoms with E-state index >= 15 is 0 Å². The van der Waals surface area contributed by atoms with Gasteiger partial charge < -0.3 is 24.4 Å². The van der Waals surface area contributed by atoms with E-state index < -0.39 is 12.5 Å². The first-order valence-electron chi connectivity index (χ1n) is 9.25. The maximum atomic E-state index is 12.6. The zero-order valence-electron chi connectivity index (χ0n) is 16.6. The van der Waals surface area contributed by atoms with Crippen LogP contribution in [0.25, 0.3) is 0 Å². The molecule has 3 rings (SSSR count). The molecule has 160 valence electrons. The minimum absolute atomic E-state index is 0.0887. The maximum Gasteiger partial charge on any atom is 0.387 e. The summed E-state index contributed by atoms with van der Waals surface area (Å²) in [5.41, 5.74) is 1.23. The molecule has 1 N–H and O–H groups in total. The molecule has 1 unspecified atom stereocenters. The number of alkyl halides is 2. The van der Waals surface area contributed by atoms with Crippen molar-refractivity contribution in [3.63, 3.8) is 0 Å². The fraction of sp³-hybridized carbons (Fsp3) is 0.333. The van der Waals surface area contributed by atoms with Crippen LogP contribution in [0.15, 0.2) is 42.5 Å². The first-order valence-corrected chi connectivity index (χ1v) is 9.25. The van der Waals surface area contributed by atoms with Gasteiger partial charge in [-0.2, -0.15) is 8.78 Å². The Balaban J connectivity index is 1.62. The van der Waals surface area contributed by atoms with E-state index in [1.807, 2.05) is 0 Å². The summed E-state index contributed by atoms with van der Waals surface area (Å²) in [6, 6.07) is 11.6. The highest BCUT2D eigenvalue weighted by molar-refractivity contribution is 6.00. The molecule has 1 aliphatic rings. The van der Waals surface area contributed by atoms with E-state index in [1.165, 1.54) is 26.4 Å². The predicted octanol–water partition coefficient (Wildman–Crippen LogP) is 2.97. The van der Waals surface area contributed by atoms with Crippen LogP contribution in [-0.2, 0) is 16.1 Å². The van der Waals surface area contributed by atoms with Crippen LogP contribution in [0.3, 0.4) is 0 Å². The maximum absolute atomic E-state index is 12.6. The molecule has 1 atom stereocenters. The molecule has 1 fully saturated rings. The van der Waals surface area contributed by atoms with Crippen LogP contribution in [-0.4, -0.2) is 39.2 Å². The van der Waals surface area contributed by atoms with E-state index in [4.69, 9.17) is 9.47 Å². The fourth-order valence-electron chi connectivity index (χ4n) is 3.26. The lowest BCUT2D eigenvalue weighted by Crippen LogP contribution is -2.32. The van der Waals surface area contributed by atoms with Crippen LogP contribution >= 0.6 is 0 Å². The molecule has 2 amide bonds. The van der Waals surface area contributed by atoms with E-state index in [1.54, 1.807) is 35.2 Å². The highest BCUT2D eigenvalue weighted by Crippen LogP contribution is 2.30. The molecule has 0 saturated carbocycles. The molecule has 1 saturated heterocycles. The Bertz CT molecular complexity index is 922. The Morgan fingerprint density at radius 2 is 1.97 bits per heavy atom. The average molecular weight is 420 g/mol. The predicted molar refractivity (Wildman–Crippen MR) is 105 cm³/mol. The standard InChI is InChI=1S/C21H22F2N2O5/c1-28-16-5-3-4-15(10-16)25-12-14(9-19(25)26)20(27)24-11-13-6-7-17(29-2)18(8-13)30-21(22)23/h3-8,10,14,21H,9,11-12H2,1-2H3,(H,24,27). The van der Waals surface area contributed by atoms with Crippen LogP contribution in [0, 0.1) is 5.92 Å². The summed E-state index contributed by atoms with van der Waals surface area (Å²) in [4.78, 5) is 26.5. The zero-order valence-corrected chi connectivity index (χ0v) is 16.6. The molecular weight excluding hydrogens is 398 g/mol. The Labute approximate surface area is 172 Å². The topological polar surface area (TPSA) is 77.1 Å². The summed E-state index contributed by atoms with van der Waals surface area (Å²) < 4.78 is 39.7. The number of anilines is 1. The lowest BCUT2D eigenvalue weighted by molar-refractivity contribution is -0.126. The highest BCUT2D eigenvalue weighted by Gasteiger charge is 2.35. The van der Waals surface area contributed by atoms with Crippen molar-refractivity contribution in [3.8, 4) is 17.2 Å². The minimum Gasteiger partial charge on any atom is -0.497 e. The summed E-state index contributed by atoms with van der Waals surface area (Å²) in [5, 5.41) is 2.75. The van der Waals surface area contributed by atoms with Gasteiger partial charge in [0.15, 0.2) is 11.5 Å². The van der Waals surface area contributed by atoms with E-state index in [0.29, 0.717) is 17.0 Å². The first kappa shape index (κ1) is 21.4. The van der Waals surface area contributed by atoms with Gasteiger partial charge in [-0.3, -0.25) is 9.59 Å². The van der Waals surface area contributed by atoms with Gasteiger partial charge in [0.2, 0.25) is 11.8 Å². The molecule has 30 heavy (non-hydrogen) atoms. The molecule has 0 aromatic heterocycles. The van der Waals surface area contributed by atoms with E-state index in [2.05, 4.69) is 10.1 Å². The summed E-state index contributed by atoms with van der Waals surface area (Å²) in [7, 11) is 2.89. The van der Waals surface area contributed by atoms with Crippen molar-refractivity contribution in [2.75, 3.05) is 25.7 Å². The number of carbonyl (C=O) groups excluding carboxylic acids is 2. The van der Waals surface area contributed by atoms with Crippen LogP contribution in [0.4, 0.5) is 14.5 Å². The number of halogens is 2. The number of hydrogen-bond donors (Lipinski definition) is 1. The molecule has 0 aliphatic carbocycles. The lowest BCUT2D eigenvalue weighted by Gasteiger charge is -2.17. The van der Waals surface area contributed by atoms with Gasteiger partial charge in [0.1, 0.15) is 5.75 Å². The van der Waals surface area contributed by atoms with Gasteiger partial charge in [0.05, 0.1) is 20.1 Å². The van der Waals surface area contributed by atoms with Crippen LogP contribution < -0.4 is 24.4 Å². The van der Waals surface area contributed by atoms with Gasteiger partial charge in [-0.1, -0.05) is 12.1 Å². The van der Waals surface area contributed by atoms with Gasteiger partial charge in [-0.05, 0) is 29.8 Å². The number of nitrogens with zero attached hydrogens (tertiary/aromatic N) is 1. The summed E-state index contributed by atoms with van der Waals surface area (Å²) >= 11 is 0. The molecule has 0 radical (unpaired) electrons. The van der Waals surface area contributed by atoms with Crippen LogP contribution in [0.5, 0.6) is 17.2 Å². The highest BCUT2D eigenvalue weighted by atomic mass is 19.3. The lowest BCUT2D eigenvalue weighted by atomic mass is 10.1. The quantitative estimate of drug-likeness (QED) is 0.711. The minimum atomic E-state index is -2.99. The number of benzene rings is 2. The second kappa shape index (κ2) is 9.43. The van der Waals surface area contributed by atoms with Crippen molar-refractivity contribution in [2.24, 2.45) is 5.92 Å². The van der Waals surface area contributed by atoms with Gasteiger partial charge in [-0.25, -0.2) is 0 Å². The summed E-state index contributed by atoms with van der Waals surface area (Å²) in [6.45, 7) is -2.64. The Morgan fingerprint density at radius 3 is 2.67 bits per heavy atom. The number of ether oxygens (including phenoxy) is 3. The molecule has 0 bridgehead atoms. The van der Waals surface area contributed by atoms with Gasteiger partial charge in [0.25, 0.3) is 0 Å². The Kier molecular flexibility index (Phi) is 6.71. The summed E-state index contributed by atoms with van der Waals surface area (Å²) in [6.07, 6.45) is 0.0887. The number of methoxy groups -OCH3 is 2.